The number of guanidine groups is 1. The molecular weight excluding hydrogens is 435 g/mol. The molecule has 2 aromatic rings. The third-order valence-corrected chi connectivity index (χ3v) is 6.18. The number of benzene rings is 2. The number of rotatable bonds is 8. The Hall–Kier alpha value is -3.28. The molecule has 9 nitrogen and oxygen atoms in total. The number of halogens is 1. The first-order chi connectivity index (χ1) is 15.2. The van der Waals surface area contributed by atoms with Gasteiger partial charge in [-0.2, -0.15) is 5.10 Å². The minimum Gasteiger partial charge on any atom is -0.494 e. The lowest BCUT2D eigenvalue weighted by atomic mass is 10.1. The Labute approximate surface area is 186 Å². The Bertz CT molecular complexity index is 1190. The van der Waals surface area contributed by atoms with Crippen LogP contribution in [0.5, 0.6) is 5.75 Å². The highest BCUT2D eigenvalue weighted by Gasteiger charge is 2.25. The fourth-order valence-electron chi connectivity index (χ4n) is 3.09. The summed E-state index contributed by atoms with van der Waals surface area (Å²) in [6, 6.07) is 9.11. The number of nitrogens with two attached hydrogens (primary N) is 1. The van der Waals surface area contributed by atoms with E-state index >= 15 is 0 Å². The van der Waals surface area contributed by atoms with Gasteiger partial charge < -0.3 is 15.8 Å². The van der Waals surface area contributed by atoms with Crippen LogP contribution in [0.3, 0.4) is 0 Å². The molecule has 0 atom stereocenters. The SMILES string of the molecule is C=C1c2cc(F)cc(OC)c2N=C(N)N1/N=C(\C)CNCc1ccc(S(=O)(=O)NC)cc1. The van der Waals surface area contributed by atoms with E-state index in [4.69, 9.17) is 10.5 Å². The van der Waals surface area contributed by atoms with Crippen LogP contribution in [0.2, 0.25) is 0 Å². The quantitative estimate of drug-likeness (QED) is 0.519. The van der Waals surface area contributed by atoms with Crippen molar-refractivity contribution in [2.75, 3.05) is 20.7 Å². The van der Waals surface area contributed by atoms with Crippen LogP contribution < -0.4 is 20.5 Å². The van der Waals surface area contributed by atoms with Gasteiger partial charge in [0, 0.05) is 30.4 Å². The van der Waals surface area contributed by atoms with E-state index in [9.17, 15) is 12.8 Å². The molecule has 0 unspecified atom stereocenters. The Balaban J connectivity index is 1.67. The van der Waals surface area contributed by atoms with E-state index in [1.54, 1.807) is 31.2 Å². The minimum absolute atomic E-state index is 0.0908. The average Bonchev–Trinajstić information content (AvgIpc) is 2.77. The monoisotopic (exact) mass is 460 g/mol. The lowest BCUT2D eigenvalue weighted by Gasteiger charge is -2.27. The average molecular weight is 461 g/mol. The summed E-state index contributed by atoms with van der Waals surface area (Å²) < 4.78 is 45.0. The number of hydrogen-bond acceptors (Lipinski definition) is 8. The maximum Gasteiger partial charge on any atom is 0.240 e. The van der Waals surface area contributed by atoms with E-state index in [1.807, 2.05) is 0 Å². The van der Waals surface area contributed by atoms with Crippen LogP contribution in [0, 0.1) is 5.82 Å². The number of nitrogens with zero attached hydrogens (tertiary/aromatic N) is 3. The van der Waals surface area contributed by atoms with Crippen LogP contribution in [-0.4, -0.2) is 45.8 Å². The summed E-state index contributed by atoms with van der Waals surface area (Å²) in [6.07, 6.45) is 0. The third kappa shape index (κ3) is 4.96. The molecule has 1 heterocycles. The molecule has 0 bridgehead atoms. The standard InChI is InChI=1S/C21H25FN6O3S/c1-13(11-25-12-15-5-7-17(8-6-15)32(29,30)24-3)27-28-14(2)18-9-16(22)10-19(31-4)20(18)26-21(28)23/h5-10,24-25H,2,11-12H2,1,3-4H3,(H2,23,26)/b27-13+. The first-order valence-electron chi connectivity index (χ1n) is 9.64. The number of sulfonamides is 1. The van der Waals surface area contributed by atoms with Crippen molar-refractivity contribution in [2.24, 2.45) is 15.8 Å². The highest BCUT2D eigenvalue weighted by Crippen LogP contribution is 2.40. The molecule has 0 radical (unpaired) electrons. The minimum atomic E-state index is -3.46. The van der Waals surface area contributed by atoms with Crippen LogP contribution in [0.15, 0.2) is 58.0 Å². The summed E-state index contributed by atoms with van der Waals surface area (Å²) in [4.78, 5) is 4.49. The van der Waals surface area contributed by atoms with Crippen LogP contribution in [-0.2, 0) is 16.6 Å². The van der Waals surface area contributed by atoms with Gasteiger partial charge in [0.1, 0.15) is 17.3 Å². The molecule has 0 aromatic heterocycles. The van der Waals surface area contributed by atoms with Gasteiger partial charge in [0.05, 0.1) is 17.7 Å². The van der Waals surface area contributed by atoms with Gasteiger partial charge in [0.15, 0.2) is 0 Å². The molecule has 2 aromatic carbocycles. The van der Waals surface area contributed by atoms with Gasteiger partial charge in [-0.3, -0.25) is 0 Å². The van der Waals surface area contributed by atoms with Crippen molar-refractivity contribution >= 4 is 33.1 Å². The molecule has 4 N–H and O–H groups in total. The van der Waals surface area contributed by atoms with Crippen molar-refractivity contribution < 1.29 is 17.5 Å². The van der Waals surface area contributed by atoms with Gasteiger partial charge in [0.25, 0.3) is 0 Å². The maximum absolute atomic E-state index is 13.9. The van der Waals surface area contributed by atoms with Gasteiger partial charge in [-0.1, -0.05) is 18.7 Å². The zero-order valence-electron chi connectivity index (χ0n) is 18.0. The van der Waals surface area contributed by atoms with Gasteiger partial charge >= 0.3 is 0 Å². The fraction of sp³-hybridized carbons (Fsp3) is 0.238. The molecule has 1 aliphatic rings. The lowest BCUT2D eigenvalue weighted by molar-refractivity contribution is 0.412. The van der Waals surface area contributed by atoms with E-state index in [0.29, 0.717) is 35.7 Å². The number of hydrogen-bond donors (Lipinski definition) is 3. The van der Waals surface area contributed by atoms with E-state index in [1.165, 1.54) is 31.3 Å². The number of methoxy groups -OCH3 is 1. The smallest absolute Gasteiger partial charge is 0.240 e. The van der Waals surface area contributed by atoms with Gasteiger partial charge in [-0.15, -0.1) is 0 Å². The molecule has 0 spiro atoms. The highest BCUT2D eigenvalue weighted by molar-refractivity contribution is 7.89. The Kier molecular flexibility index (Phi) is 6.92. The Morgan fingerprint density at radius 1 is 1.31 bits per heavy atom. The van der Waals surface area contributed by atoms with Crippen molar-refractivity contribution in [3.63, 3.8) is 0 Å². The molecule has 11 heteroatoms. The molecule has 0 aliphatic carbocycles. The van der Waals surface area contributed by atoms with Crippen molar-refractivity contribution in [1.82, 2.24) is 15.0 Å². The number of nitrogens with one attached hydrogen (secondary N) is 2. The molecule has 3 rings (SSSR count). The van der Waals surface area contributed by atoms with Crippen LogP contribution in [0.4, 0.5) is 10.1 Å². The molecule has 32 heavy (non-hydrogen) atoms. The van der Waals surface area contributed by atoms with Gasteiger partial charge in [-0.05, 0) is 37.7 Å². The highest BCUT2D eigenvalue weighted by atomic mass is 32.2. The first kappa shape index (κ1) is 23.4. The van der Waals surface area contributed by atoms with Crippen LogP contribution >= 0.6 is 0 Å². The maximum atomic E-state index is 13.9. The van der Waals surface area contributed by atoms with Crippen LogP contribution in [0.25, 0.3) is 5.70 Å². The topological polar surface area (TPSA) is 121 Å². The summed E-state index contributed by atoms with van der Waals surface area (Å²) in [5.41, 5.74) is 8.88. The van der Waals surface area contributed by atoms with E-state index in [2.05, 4.69) is 26.7 Å². The summed E-state index contributed by atoms with van der Waals surface area (Å²) in [7, 11) is -0.666. The third-order valence-electron chi connectivity index (χ3n) is 4.75. The van der Waals surface area contributed by atoms with Crippen molar-refractivity contribution in [1.29, 1.82) is 0 Å². The predicted molar refractivity (Wildman–Crippen MR) is 123 cm³/mol. The summed E-state index contributed by atoms with van der Waals surface area (Å²) in [5.74, 6) is -0.124. The summed E-state index contributed by atoms with van der Waals surface area (Å²) >= 11 is 0. The van der Waals surface area contributed by atoms with Crippen molar-refractivity contribution in [2.45, 2.75) is 18.4 Å². The lowest BCUT2D eigenvalue weighted by Crippen LogP contribution is -2.35. The fourth-order valence-corrected chi connectivity index (χ4v) is 3.82. The van der Waals surface area contributed by atoms with Crippen molar-refractivity contribution in [3.05, 3.63) is 59.9 Å². The van der Waals surface area contributed by atoms with Gasteiger partial charge in [0.2, 0.25) is 16.0 Å². The van der Waals surface area contributed by atoms with E-state index in [-0.39, 0.29) is 16.6 Å². The number of fused-ring (bicyclic) bond motifs is 1. The largest absolute Gasteiger partial charge is 0.494 e. The Morgan fingerprint density at radius 2 is 2.00 bits per heavy atom. The summed E-state index contributed by atoms with van der Waals surface area (Å²) in [6.45, 7) is 6.71. The van der Waals surface area contributed by atoms with E-state index < -0.39 is 15.8 Å². The van der Waals surface area contributed by atoms with Crippen molar-refractivity contribution in [3.8, 4) is 5.75 Å². The zero-order chi connectivity index (χ0) is 23.5. The first-order valence-corrected chi connectivity index (χ1v) is 11.1. The molecular formula is C21H25FN6O3S. The van der Waals surface area contributed by atoms with Gasteiger partial charge in [-0.25, -0.2) is 27.5 Å². The predicted octanol–water partition coefficient (Wildman–Crippen LogP) is 2.14. The molecule has 0 saturated carbocycles. The molecule has 0 saturated heterocycles. The van der Waals surface area contributed by atoms with E-state index in [0.717, 1.165) is 5.56 Å². The molecule has 170 valence electrons. The molecule has 0 amide bonds. The number of ether oxygens (including phenoxy) is 1. The Morgan fingerprint density at radius 3 is 2.62 bits per heavy atom. The normalized spacial score (nSPS) is 14.2. The second-order valence-corrected chi connectivity index (χ2v) is 8.91. The summed E-state index contributed by atoms with van der Waals surface area (Å²) in [5, 5.41) is 9.04. The molecule has 1 aliphatic heterocycles. The number of aliphatic imine (C=N–C) groups is 1. The zero-order valence-corrected chi connectivity index (χ0v) is 18.8. The second kappa shape index (κ2) is 9.47. The van der Waals surface area contributed by atoms with Crippen LogP contribution in [0.1, 0.15) is 18.1 Å². The number of hydrazone groups is 1. The second-order valence-electron chi connectivity index (χ2n) is 7.02. The molecule has 0 fully saturated rings.